The number of anilines is 1. The van der Waals surface area contributed by atoms with E-state index in [-0.39, 0.29) is 24.3 Å². The van der Waals surface area contributed by atoms with E-state index in [4.69, 9.17) is 4.74 Å². The van der Waals surface area contributed by atoms with Gasteiger partial charge in [0.25, 0.3) is 0 Å². The van der Waals surface area contributed by atoms with Crippen molar-refractivity contribution in [1.82, 2.24) is 9.78 Å². The normalized spacial score (nSPS) is 26.1. The third kappa shape index (κ3) is 3.07. The molecule has 0 aliphatic carbocycles. The second-order valence-electron chi connectivity index (χ2n) is 5.50. The summed E-state index contributed by atoms with van der Waals surface area (Å²) in [6, 6.07) is -0.390. The van der Waals surface area contributed by atoms with Gasteiger partial charge in [-0.15, -0.1) is 0 Å². The summed E-state index contributed by atoms with van der Waals surface area (Å²) >= 11 is 0. The number of nitrogens with zero attached hydrogens (tertiary/aromatic N) is 3. The van der Waals surface area contributed by atoms with Gasteiger partial charge in [-0.25, -0.2) is 0 Å². The molecule has 1 aromatic heterocycles. The number of aliphatic carboxylic acids is 1. The number of methoxy groups -OCH3 is 1. The molecule has 1 amide bonds. The molecule has 1 fully saturated rings. The first kappa shape index (κ1) is 15.5. The maximum absolute atomic E-state index is 12.3. The molecule has 21 heavy (non-hydrogen) atoms. The van der Waals surface area contributed by atoms with E-state index in [9.17, 15) is 14.7 Å². The van der Waals surface area contributed by atoms with Crippen molar-refractivity contribution in [2.75, 3.05) is 18.6 Å². The molecule has 0 aromatic carbocycles. The van der Waals surface area contributed by atoms with Crippen molar-refractivity contribution in [2.24, 2.45) is 11.8 Å². The van der Waals surface area contributed by atoms with Gasteiger partial charge in [0.2, 0.25) is 5.91 Å². The lowest BCUT2D eigenvalue weighted by Crippen LogP contribution is -2.53. The highest BCUT2D eigenvalue weighted by molar-refractivity contribution is 5.96. The van der Waals surface area contributed by atoms with E-state index in [1.807, 2.05) is 6.92 Å². The average molecular weight is 295 g/mol. The standard InChI is InChI=1S/C14H21N3O4/c1-9-6-12(18)17(10(2)13(9)14(19)20)11-7-15-16(8-11)4-5-21-3/h7-10,13H,4-6H2,1-3H3,(H,19,20). The molecule has 2 heterocycles. The Hall–Kier alpha value is -1.89. The van der Waals surface area contributed by atoms with Crippen LogP contribution >= 0.6 is 0 Å². The lowest BCUT2D eigenvalue weighted by Gasteiger charge is -2.39. The zero-order valence-electron chi connectivity index (χ0n) is 12.5. The molecule has 7 heteroatoms. The fraction of sp³-hybridized carbons (Fsp3) is 0.643. The Kier molecular flexibility index (Phi) is 4.62. The van der Waals surface area contributed by atoms with E-state index < -0.39 is 11.9 Å². The van der Waals surface area contributed by atoms with E-state index >= 15 is 0 Å². The predicted molar refractivity (Wildman–Crippen MR) is 76.0 cm³/mol. The van der Waals surface area contributed by atoms with Crippen LogP contribution in [-0.4, -0.2) is 46.5 Å². The van der Waals surface area contributed by atoms with Crippen LogP contribution in [0.15, 0.2) is 12.4 Å². The van der Waals surface area contributed by atoms with Crippen molar-refractivity contribution in [2.45, 2.75) is 32.9 Å². The molecule has 116 valence electrons. The van der Waals surface area contributed by atoms with Crippen LogP contribution < -0.4 is 4.90 Å². The van der Waals surface area contributed by atoms with Crippen LogP contribution in [0.25, 0.3) is 0 Å². The Bertz CT molecular complexity index is 528. The van der Waals surface area contributed by atoms with Crippen molar-refractivity contribution < 1.29 is 19.4 Å². The first-order valence-corrected chi connectivity index (χ1v) is 7.02. The Balaban J connectivity index is 2.22. The lowest BCUT2D eigenvalue weighted by atomic mass is 9.81. The van der Waals surface area contributed by atoms with Crippen LogP contribution in [0.5, 0.6) is 0 Å². The Morgan fingerprint density at radius 1 is 1.52 bits per heavy atom. The van der Waals surface area contributed by atoms with E-state index in [1.54, 1.807) is 36.0 Å². The minimum Gasteiger partial charge on any atom is -0.481 e. The molecular formula is C14H21N3O4. The highest BCUT2D eigenvalue weighted by Gasteiger charge is 2.42. The van der Waals surface area contributed by atoms with Gasteiger partial charge in [0.15, 0.2) is 0 Å². The van der Waals surface area contributed by atoms with E-state index in [1.165, 1.54) is 0 Å². The summed E-state index contributed by atoms with van der Waals surface area (Å²) in [5, 5.41) is 13.6. The van der Waals surface area contributed by atoms with Crippen molar-refractivity contribution in [3.05, 3.63) is 12.4 Å². The summed E-state index contributed by atoms with van der Waals surface area (Å²) in [4.78, 5) is 25.3. The molecule has 0 bridgehead atoms. The van der Waals surface area contributed by atoms with Gasteiger partial charge in [-0.2, -0.15) is 5.10 Å². The molecule has 0 spiro atoms. The van der Waals surface area contributed by atoms with Gasteiger partial charge in [0, 0.05) is 25.8 Å². The Morgan fingerprint density at radius 3 is 2.86 bits per heavy atom. The summed E-state index contributed by atoms with van der Waals surface area (Å²) in [6.07, 6.45) is 3.59. The van der Waals surface area contributed by atoms with Gasteiger partial charge >= 0.3 is 5.97 Å². The number of aromatic nitrogens is 2. The quantitative estimate of drug-likeness (QED) is 0.875. The van der Waals surface area contributed by atoms with Gasteiger partial charge in [0.05, 0.1) is 31.0 Å². The zero-order valence-corrected chi connectivity index (χ0v) is 12.5. The first-order valence-electron chi connectivity index (χ1n) is 7.02. The van der Waals surface area contributed by atoms with Gasteiger partial charge < -0.3 is 14.7 Å². The van der Waals surface area contributed by atoms with Crippen molar-refractivity contribution in [1.29, 1.82) is 0 Å². The smallest absolute Gasteiger partial charge is 0.308 e. The summed E-state index contributed by atoms with van der Waals surface area (Å²) in [7, 11) is 1.61. The van der Waals surface area contributed by atoms with Crippen molar-refractivity contribution >= 4 is 17.6 Å². The highest BCUT2D eigenvalue weighted by atomic mass is 16.5. The molecule has 1 N–H and O–H groups in total. The van der Waals surface area contributed by atoms with Crippen molar-refractivity contribution in [3.63, 3.8) is 0 Å². The fourth-order valence-electron chi connectivity index (χ4n) is 2.98. The molecule has 1 saturated heterocycles. The van der Waals surface area contributed by atoms with Crippen molar-refractivity contribution in [3.8, 4) is 0 Å². The highest BCUT2D eigenvalue weighted by Crippen LogP contribution is 2.33. The SMILES string of the molecule is COCCn1cc(N2C(=O)CC(C)C(C(=O)O)C2C)cn1. The fourth-order valence-corrected chi connectivity index (χ4v) is 2.98. The number of carbonyl (C=O) groups is 2. The Morgan fingerprint density at radius 2 is 2.24 bits per heavy atom. The number of ether oxygens (including phenoxy) is 1. The summed E-state index contributed by atoms with van der Waals surface area (Å²) in [5.41, 5.74) is 0.641. The third-order valence-electron chi connectivity index (χ3n) is 4.01. The van der Waals surface area contributed by atoms with Gasteiger partial charge in [-0.1, -0.05) is 6.92 Å². The molecular weight excluding hydrogens is 274 g/mol. The number of carboxylic acids is 1. The maximum atomic E-state index is 12.3. The molecule has 0 radical (unpaired) electrons. The molecule has 1 aliphatic heterocycles. The molecule has 1 aliphatic rings. The van der Waals surface area contributed by atoms with E-state index in [0.29, 0.717) is 18.8 Å². The summed E-state index contributed by atoms with van der Waals surface area (Å²) in [6.45, 7) is 4.70. The second kappa shape index (κ2) is 6.26. The van der Waals surface area contributed by atoms with Crippen LogP contribution in [0.3, 0.4) is 0 Å². The largest absolute Gasteiger partial charge is 0.481 e. The van der Waals surface area contributed by atoms with Gasteiger partial charge in [-0.05, 0) is 12.8 Å². The van der Waals surface area contributed by atoms with Crippen LogP contribution in [0.4, 0.5) is 5.69 Å². The van der Waals surface area contributed by atoms with Crippen LogP contribution in [0.1, 0.15) is 20.3 Å². The minimum absolute atomic E-state index is 0.0567. The molecule has 2 rings (SSSR count). The summed E-state index contributed by atoms with van der Waals surface area (Å²) in [5.74, 6) is -1.65. The minimum atomic E-state index is -0.862. The molecule has 1 aromatic rings. The number of hydrogen-bond donors (Lipinski definition) is 1. The lowest BCUT2D eigenvalue weighted by molar-refractivity contribution is -0.146. The molecule has 0 saturated carbocycles. The maximum Gasteiger partial charge on any atom is 0.308 e. The number of hydrogen-bond acceptors (Lipinski definition) is 4. The number of carbonyl (C=O) groups excluding carboxylic acids is 1. The predicted octanol–water partition coefficient (Wildman–Crippen LogP) is 0.992. The van der Waals surface area contributed by atoms with Crippen LogP contribution in [0.2, 0.25) is 0 Å². The van der Waals surface area contributed by atoms with Gasteiger partial charge in [-0.3, -0.25) is 14.3 Å². The van der Waals surface area contributed by atoms with Gasteiger partial charge in [0.1, 0.15) is 0 Å². The van der Waals surface area contributed by atoms with E-state index in [2.05, 4.69) is 5.10 Å². The number of amides is 1. The second-order valence-corrected chi connectivity index (χ2v) is 5.50. The average Bonchev–Trinajstić information content (AvgIpc) is 2.83. The number of carboxylic acid groups (broad SMARTS) is 1. The third-order valence-corrected chi connectivity index (χ3v) is 4.01. The number of piperidine rings is 1. The molecule has 3 unspecified atom stereocenters. The molecule has 3 atom stereocenters. The zero-order chi connectivity index (χ0) is 15.6. The van der Waals surface area contributed by atoms with E-state index in [0.717, 1.165) is 0 Å². The van der Waals surface area contributed by atoms with Crippen LogP contribution in [0, 0.1) is 11.8 Å². The van der Waals surface area contributed by atoms with Crippen LogP contribution in [-0.2, 0) is 20.9 Å². The number of rotatable bonds is 5. The molecule has 7 nitrogen and oxygen atoms in total. The topological polar surface area (TPSA) is 84.7 Å². The first-order chi connectivity index (χ1) is 9.95. The monoisotopic (exact) mass is 295 g/mol. The Labute approximate surface area is 123 Å². The summed E-state index contributed by atoms with van der Waals surface area (Å²) < 4.78 is 6.67.